The molecule has 1 spiro atoms. The monoisotopic (exact) mass is 443 g/mol. The normalized spacial score (nSPS) is 23.7. The van der Waals surface area contributed by atoms with Crippen LogP contribution in [0.5, 0.6) is 0 Å². The van der Waals surface area contributed by atoms with Crippen molar-refractivity contribution >= 4 is 29.1 Å². The lowest BCUT2D eigenvalue weighted by Gasteiger charge is -2.37. The lowest BCUT2D eigenvalue weighted by molar-refractivity contribution is -0.126. The van der Waals surface area contributed by atoms with Gasteiger partial charge in [0.25, 0.3) is 5.91 Å². The highest BCUT2D eigenvalue weighted by Gasteiger charge is 2.67. The van der Waals surface area contributed by atoms with Crippen LogP contribution < -0.4 is 15.5 Å². The molecule has 3 aromatic rings. The van der Waals surface area contributed by atoms with Gasteiger partial charge in [-0.15, -0.1) is 0 Å². The molecule has 2 saturated heterocycles. The number of fused-ring (bicyclic) bond motifs is 4. The van der Waals surface area contributed by atoms with Crippen LogP contribution in [0.15, 0.2) is 66.7 Å². The van der Waals surface area contributed by atoms with Crippen LogP contribution in [0.4, 0.5) is 21.7 Å². The third-order valence-corrected chi connectivity index (χ3v) is 6.70. The van der Waals surface area contributed by atoms with Gasteiger partial charge in [-0.2, -0.15) is 0 Å². The first-order valence-electron chi connectivity index (χ1n) is 11.1. The Balaban J connectivity index is 1.44. The minimum Gasteiger partial charge on any atom is -0.366 e. The van der Waals surface area contributed by atoms with Gasteiger partial charge in [-0.1, -0.05) is 36.4 Å². The molecule has 3 aliphatic heterocycles. The van der Waals surface area contributed by atoms with E-state index in [1.54, 1.807) is 18.2 Å². The fourth-order valence-corrected chi connectivity index (χ4v) is 5.31. The second-order valence-corrected chi connectivity index (χ2v) is 8.56. The molecule has 2 N–H and O–H groups in total. The molecule has 0 bridgehead atoms. The Morgan fingerprint density at radius 2 is 1.94 bits per heavy atom. The largest absolute Gasteiger partial charge is 0.366 e. The molecule has 2 fully saturated rings. The molecule has 8 heteroatoms. The molecule has 33 heavy (non-hydrogen) atoms. The zero-order valence-electron chi connectivity index (χ0n) is 17.8. The standard InChI is InChI=1S/C25H22FN5O2/c26-17-11-12-19-18(14-17)25(24(33)28-19)30-13-5-8-20(30)23(32)31(25)22-10-4-9-21(29-22)27-15-16-6-2-1-3-7-16/h1-4,6-7,9-12,14,20H,5,8,13,15H2,(H,27,29)(H,28,33)/t20-,25+/m0/s1. The van der Waals surface area contributed by atoms with Gasteiger partial charge in [-0.05, 0) is 48.7 Å². The van der Waals surface area contributed by atoms with Crippen molar-refractivity contribution in [2.45, 2.75) is 31.1 Å². The zero-order valence-corrected chi connectivity index (χ0v) is 17.8. The van der Waals surface area contributed by atoms with Crippen LogP contribution in [0.3, 0.4) is 0 Å². The van der Waals surface area contributed by atoms with Crippen molar-refractivity contribution in [2.24, 2.45) is 0 Å². The Morgan fingerprint density at radius 3 is 2.79 bits per heavy atom. The average molecular weight is 443 g/mol. The van der Waals surface area contributed by atoms with E-state index in [1.165, 1.54) is 17.0 Å². The number of aromatic nitrogens is 1. The van der Waals surface area contributed by atoms with E-state index in [1.807, 2.05) is 41.3 Å². The predicted molar refractivity (Wildman–Crippen MR) is 122 cm³/mol. The SMILES string of the molecule is O=C1[C@@H]2CCCN2[C@@]2(C(=O)Nc3ccc(F)cc32)N1c1cccc(NCc2ccccc2)n1. The summed E-state index contributed by atoms with van der Waals surface area (Å²) < 4.78 is 14.3. The maximum absolute atomic E-state index is 14.3. The van der Waals surface area contributed by atoms with E-state index in [0.717, 1.165) is 12.0 Å². The van der Waals surface area contributed by atoms with Crippen molar-refractivity contribution in [2.75, 3.05) is 22.1 Å². The van der Waals surface area contributed by atoms with Gasteiger partial charge in [0.1, 0.15) is 17.5 Å². The number of rotatable bonds is 4. The average Bonchev–Trinajstić information content (AvgIpc) is 3.48. The molecule has 1 aromatic heterocycles. The quantitative estimate of drug-likeness (QED) is 0.646. The van der Waals surface area contributed by atoms with E-state index in [2.05, 4.69) is 15.6 Å². The van der Waals surface area contributed by atoms with Gasteiger partial charge in [0.05, 0.1) is 6.04 Å². The Kier molecular flexibility index (Phi) is 4.45. The molecule has 0 radical (unpaired) electrons. The highest BCUT2D eigenvalue weighted by atomic mass is 19.1. The number of benzene rings is 2. The van der Waals surface area contributed by atoms with E-state index in [9.17, 15) is 14.0 Å². The fraction of sp³-hybridized carbons (Fsp3) is 0.240. The number of nitrogens with one attached hydrogen (secondary N) is 2. The van der Waals surface area contributed by atoms with E-state index in [-0.39, 0.29) is 11.8 Å². The number of nitrogens with zero attached hydrogens (tertiary/aromatic N) is 3. The van der Waals surface area contributed by atoms with Crippen LogP contribution in [0.1, 0.15) is 24.0 Å². The number of amides is 2. The van der Waals surface area contributed by atoms with E-state index in [0.29, 0.717) is 42.4 Å². The summed E-state index contributed by atoms with van der Waals surface area (Å²) >= 11 is 0. The third-order valence-electron chi connectivity index (χ3n) is 6.70. The van der Waals surface area contributed by atoms with Gasteiger partial charge in [0.15, 0.2) is 0 Å². The molecule has 166 valence electrons. The molecule has 0 saturated carbocycles. The second-order valence-electron chi connectivity index (χ2n) is 8.56. The van der Waals surface area contributed by atoms with Gasteiger partial charge in [0, 0.05) is 24.3 Å². The Bertz CT molecular complexity index is 1270. The minimum absolute atomic E-state index is 0.188. The summed E-state index contributed by atoms with van der Waals surface area (Å²) in [7, 11) is 0. The lowest BCUT2D eigenvalue weighted by Crippen LogP contribution is -2.56. The molecule has 4 heterocycles. The lowest BCUT2D eigenvalue weighted by atomic mass is 9.98. The number of halogens is 1. The third kappa shape index (κ3) is 2.87. The summed E-state index contributed by atoms with van der Waals surface area (Å²) in [6, 6.07) is 19.0. The molecule has 6 rings (SSSR count). The van der Waals surface area contributed by atoms with Crippen molar-refractivity contribution < 1.29 is 14.0 Å². The van der Waals surface area contributed by atoms with Crippen molar-refractivity contribution in [1.82, 2.24) is 9.88 Å². The van der Waals surface area contributed by atoms with E-state index in [4.69, 9.17) is 0 Å². The first kappa shape index (κ1) is 19.9. The maximum atomic E-state index is 14.3. The van der Waals surface area contributed by atoms with Crippen LogP contribution in [0, 0.1) is 5.82 Å². The fourth-order valence-electron chi connectivity index (χ4n) is 5.31. The molecule has 2 atom stereocenters. The van der Waals surface area contributed by atoms with Crippen LogP contribution in [-0.2, 0) is 21.8 Å². The summed E-state index contributed by atoms with van der Waals surface area (Å²) in [6.45, 7) is 1.14. The highest BCUT2D eigenvalue weighted by molar-refractivity contribution is 6.16. The van der Waals surface area contributed by atoms with Crippen molar-refractivity contribution in [3.8, 4) is 0 Å². The van der Waals surface area contributed by atoms with Gasteiger partial charge in [-0.25, -0.2) is 9.37 Å². The first-order valence-corrected chi connectivity index (χ1v) is 11.1. The van der Waals surface area contributed by atoms with E-state index < -0.39 is 17.5 Å². The van der Waals surface area contributed by atoms with Crippen LogP contribution in [0.25, 0.3) is 0 Å². The molecule has 0 aliphatic carbocycles. The molecule has 7 nitrogen and oxygen atoms in total. The molecule has 2 aromatic carbocycles. The minimum atomic E-state index is -1.44. The van der Waals surface area contributed by atoms with Gasteiger partial charge < -0.3 is 10.6 Å². The summed E-state index contributed by atoms with van der Waals surface area (Å²) in [6.07, 6.45) is 1.46. The van der Waals surface area contributed by atoms with Gasteiger partial charge >= 0.3 is 0 Å². The Morgan fingerprint density at radius 1 is 1.09 bits per heavy atom. The topological polar surface area (TPSA) is 77.6 Å². The maximum Gasteiger partial charge on any atom is 0.271 e. The smallest absolute Gasteiger partial charge is 0.271 e. The van der Waals surface area contributed by atoms with Crippen molar-refractivity contribution in [3.63, 3.8) is 0 Å². The summed E-state index contributed by atoms with van der Waals surface area (Å²) in [5.74, 6) is -0.0485. The van der Waals surface area contributed by atoms with Crippen molar-refractivity contribution in [3.05, 3.63) is 83.7 Å². The van der Waals surface area contributed by atoms with E-state index >= 15 is 0 Å². The summed E-state index contributed by atoms with van der Waals surface area (Å²) in [4.78, 5) is 35.2. The molecular weight excluding hydrogens is 421 g/mol. The van der Waals surface area contributed by atoms with Crippen LogP contribution >= 0.6 is 0 Å². The predicted octanol–water partition coefficient (Wildman–Crippen LogP) is 3.45. The highest BCUT2D eigenvalue weighted by Crippen LogP contribution is 2.52. The number of anilines is 3. The summed E-state index contributed by atoms with van der Waals surface area (Å²) in [5, 5.41) is 6.15. The van der Waals surface area contributed by atoms with Crippen LogP contribution in [-0.4, -0.2) is 34.3 Å². The number of pyridine rings is 1. The number of carbonyl (C=O) groups excluding carboxylic acids is 2. The van der Waals surface area contributed by atoms with Gasteiger partial charge in [-0.3, -0.25) is 19.4 Å². The second kappa shape index (κ2) is 7.38. The van der Waals surface area contributed by atoms with Gasteiger partial charge in [0.2, 0.25) is 11.6 Å². The Hall–Kier alpha value is -3.78. The molecule has 0 unspecified atom stereocenters. The molecule has 2 amide bonds. The summed E-state index contributed by atoms with van der Waals surface area (Å²) in [5.41, 5.74) is 0.624. The first-order chi connectivity index (χ1) is 16.1. The molecular formula is C25H22FN5O2. The molecule has 3 aliphatic rings. The van der Waals surface area contributed by atoms with Crippen LogP contribution in [0.2, 0.25) is 0 Å². The van der Waals surface area contributed by atoms with Crippen molar-refractivity contribution in [1.29, 1.82) is 0 Å². The number of carbonyl (C=O) groups is 2. The number of hydrogen-bond acceptors (Lipinski definition) is 5. The zero-order chi connectivity index (χ0) is 22.6. The number of hydrogen-bond donors (Lipinski definition) is 2. The Labute approximate surface area is 190 Å².